The van der Waals surface area contributed by atoms with E-state index in [1.165, 1.54) is 10.8 Å². The zero-order valence-electron chi connectivity index (χ0n) is 32.3. The second-order valence-electron chi connectivity index (χ2n) is 16.7. The number of hydrogen-bond donors (Lipinski definition) is 0. The van der Waals surface area contributed by atoms with Crippen molar-refractivity contribution in [3.8, 4) is 33.4 Å². The number of benzene rings is 6. The first kappa shape index (κ1) is 34.7. The summed E-state index contributed by atoms with van der Waals surface area (Å²) in [5.41, 5.74) is 9.97. The lowest BCUT2D eigenvalue weighted by Crippen LogP contribution is -2.39. The Labute approximate surface area is 328 Å². The molecule has 0 saturated heterocycles. The second-order valence-corrected chi connectivity index (χ2v) is 16.7. The Morgan fingerprint density at radius 3 is 1.79 bits per heavy atom. The van der Waals surface area contributed by atoms with Crippen LogP contribution < -0.4 is 0 Å². The number of carbonyl (C=O) groups is 2. The summed E-state index contributed by atoms with van der Waals surface area (Å²) >= 11 is 0. The maximum Gasteiger partial charge on any atom is 0.334 e. The van der Waals surface area contributed by atoms with Gasteiger partial charge in [0.15, 0.2) is 11.2 Å². The highest BCUT2D eigenvalue weighted by atomic mass is 16.6. The van der Waals surface area contributed by atoms with Gasteiger partial charge in [0.05, 0.1) is 0 Å². The Hall–Kier alpha value is -5.74. The van der Waals surface area contributed by atoms with E-state index in [9.17, 15) is 9.59 Å². The van der Waals surface area contributed by atoms with Gasteiger partial charge in [0, 0.05) is 45.2 Å². The summed E-state index contributed by atoms with van der Waals surface area (Å²) in [6.45, 7) is 11.4. The van der Waals surface area contributed by atoms with Crippen molar-refractivity contribution in [3.63, 3.8) is 0 Å². The van der Waals surface area contributed by atoms with Gasteiger partial charge < -0.3 is 9.47 Å². The van der Waals surface area contributed by atoms with Gasteiger partial charge in [-0.1, -0.05) is 124 Å². The van der Waals surface area contributed by atoms with Crippen LogP contribution in [-0.2, 0) is 30.3 Å². The zero-order valence-corrected chi connectivity index (χ0v) is 32.3. The fourth-order valence-corrected chi connectivity index (χ4v) is 10.9. The Morgan fingerprint density at radius 2 is 1.09 bits per heavy atom. The molecule has 6 aromatic carbocycles. The van der Waals surface area contributed by atoms with Crippen molar-refractivity contribution in [1.82, 2.24) is 0 Å². The lowest BCUT2D eigenvalue weighted by molar-refractivity contribution is -0.157. The number of hydrogen-bond acceptors (Lipinski definition) is 4. The van der Waals surface area contributed by atoms with E-state index >= 15 is 0 Å². The van der Waals surface area contributed by atoms with E-state index in [4.69, 9.17) is 9.47 Å². The first-order valence-electron chi connectivity index (χ1n) is 20.3. The lowest BCUT2D eigenvalue weighted by Gasteiger charge is -2.37. The molecular weight excluding hydrogens is 689 g/mol. The van der Waals surface area contributed by atoms with E-state index in [0.717, 1.165) is 118 Å². The van der Waals surface area contributed by atoms with E-state index in [-0.39, 0.29) is 23.8 Å². The van der Waals surface area contributed by atoms with Crippen LogP contribution in [0, 0.1) is 11.8 Å². The van der Waals surface area contributed by atoms with Gasteiger partial charge in [0.1, 0.15) is 0 Å². The van der Waals surface area contributed by atoms with Crippen LogP contribution in [0.2, 0.25) is 0 Å². The molecule has 4 aliphatic rings. The van der Waals surface area contributed by atoms with Crippen LogP contribution in [0.3, 0.4) is 0 Å². The summed E-state index contributed by atoms with van der Waals surface area (Å²) in [5, 5.41) is 4.56. The van der Waals surface area contributed by atoms with Crippen LogP contribution in [-0.4, -0.2) is 11.9 Å². The summed E-state index contributed by atoms with van der Waals surface area (Å²) in [5.74, 6) is -0.381. The van der Waals surface area contributed by atoms with Gasteiger partial charge in [0.25, 0.3) is 0 Å². The number of carbonyl (C=O) groups excluding carboxylic acids is 2. The third kappa shape index (κ3) is 4.97. The summed E-state index contributed by atoms with van der Waals surface area (Å²) in [4.78, 5) is 27.2. The second kappa shape index (κ2) is 12.9. The van der Waals surface area contributed by atoms with Gasteiger partial charge in [-0.05, 0) is 119 Å². The van der Waals surface area contributed by atoms with Crippen LogP contribution in [0.4, 0.5) is 0 Å². The van der Waals surface area contributed by atoms with E-state index in [2.05, 4.69) is 122 Å². The Bertz CT molecular complexity index is 2670. The lowest BCUT2D eigenvalue weighted by atomic mass is 9.77. The molecule has 0 heterocycles. The molecule has 0 spiro atoms. The number of rotatable bonds is 7. The highest BCUT2D eigenvalue weighted by Gasteiger charge is 2.54. The van der Waals surface area contributed by atoms with E-state index in [1.54, 1.807) is 13.8 Å². The molecule has 2 unspecified atom stereocenters. The van der Waals surface area contributed by atoms with Gasteiger partial charge in [-0.2, -0.15) is 0 Å². The molecule has 4 nitrogen and oxygen atoms in total. The van der Waals surface area contributed by atoms with Crippen molar-refractivity contribution in [3.05, 3.63) is 156 Å². The molecule has 4 heteroatoms. The minimum atomic E-state index is -0.922. The SMILES string of the molecule is C=C(C)C(=O)OC1(C2CCCC2)c2ccccc2-c2cc3ccc(-c4ccc5c(c4)C(OC(=O)C(=C)C)(C4CCCC4)c4ccc6ccccc6c4-5)cc3cc21. The largest absolute Gasteiger partial charge is 0.446 e. The van der Waals surface area contributed by atoms with Gasteiger partial charge in [-0.3, -0.25) is 0 Å². The molecule has 56 heavy (non-hydrogen) atoms. The third-order valence-corrected chi connectivity index (χ3v) is 13.4. The number of ether oxygens (including phenoxy) is 2. The molecular formula is C52H46O4. The highest BCUT2D eigenvalue weighted by Crippen LogP contribution is 2.60. The summed E-state index contributed by atoms with van der Waals surface area (Å²) in [6, 6.07) is 39.4. The number of fused-ring (bicyclic) bond motifs is 9. The van der Waals surface area contributed by atoms with Crippen molar-refractivity contribution >= 4 is 33.5 Å². The van der Waals surface area contributed by atoms with Crippen LogP contribution in [0.5, 0.6) is 0 Å². The van der Waals surface area contributed by atoms with Gasteiger partial charge in [0.2, 0.25) is 0 Å². The van der Waals surface area contributed by atoms with Crippen LogP contribution in [0.25, 0.3) is 54.9 Å². The van der Waals surface area contributed by atoms with Crippen molar-refractivity contribution in [2.75, 3.05) is 0 Å². The minimum absolute atomic E-state index is 0.147. The summed E-state index contributed by atoms with van der Waals surface area (Å²) < 4.78 is 13.5. The topological polar surface area (TPSA) is 52.6 Å². The van der Waals surface area contributed by atoms with Crippen molar-refractivity contribution in [2.45, 2.75) is 76.4 Å². The number of esters is 2. The minimum Gasteiger partial charge on any atom is -0.446 e. The molecule has 0 aromatic heterocycles. The maximum atomic E-state index is 13.7. The fraction of sp³-hybridized carbons (Fsp3) is 0.269. The van der Waals surface area contributed by atoms with E-state index < -0.39 is 11.2 Å². The molecule has 0 amide bonds. The van der Waals surface area contributed by atoms with Gasteiger partial charge in [-0.25, -0.2) is 9.59 Å². The molecule has 6 aromatic rings. The molecule has 4 aliphatic carbocycles. The van der Waals surface area contributed by atoms with Crippen LogP contribution in [0.1, 0.15) is 87.5 Å². The zero-order chi connectivity index (χ0) is 38.3. The monoisotopic (exact) mass is 734 g/mol. The van der Waals surface area contributed by atoms with Crippen LogP contribution in [0.15, 0.2) is 133 Å². The van der Waals surface area contributed by atoms with Crippen molar-refractivity contribution in [2.24, 2.45) is 11.8 Å². The Morgan fingerprint density at radius 1 is 0.518 bits per heavy atom. The normalized spacial score (nSPS) is 21.1. The Kier molecular flexibility index (Phi) is 8.01. The van der Waals surface area contributed by atoms with E-state index in [0.29, 0.717) is 11.1 Å². The highest BCUT2D eigenvalue weighted by molar-refractivity contribution is 6.04. The van der Waals surface area contributed by atoms with Crippen LogP contribution >= 0.6 is 0 Å². The predicted molar refractivity (Wildman–Crippen MR) is 225 cm³/mol. The molecule has 0 N–H and O–H groups in total. The molecule has 0 bridgehead atoms. The van der Waals surface area contributed by atoms with Gasteiger partial charge >= 0.3 is 11.9 Å². The molecule has 2 atom stereocenters. The van der Waals surface area contributed by atoms with Crippen molar-refractivity contribution in [1.29, 1.82) is 0 Å². The smallest absolute Gasteiger partial charge is 0.334 e. The third-order valence-electron chi connectivity index (χ3n) is 13.4. The van der Waals surface area contributed by atoms with E-state index in [1.807, 2.05) is 0 Å². The quantitative estimate of drug-likeness (QED) is 0.121. The summed E-state index contributed by atoms with van der Waals surface area (Å²) in [6.07, 6.45) is 8.43. The average molecular weight is 735 g/mol. The summed E-state index contributed by atoms with van der Waals surface area (Å²) in [7, 11) is 0. The molecule has 0 aliphatic heterocycles. The molecule has 0 radical (unpaired) electrons. The molecule has 278 valence electrons. The Balaban J connectivity index is 1.17. The predicted octanol–water partition coefficient (Wildman–Crippen LogP) is 12.7. The molecule has 2 fully saturated rings. The molecule has 10 rings (SSSR count). The first-order valence-corrected chi connectivity index (χ1v) is 20.3. The maximum absolute atomic E-state index is 13.7. The molecule has 2 saturated carbocycles. The van der Waals surface area contributed by atoms with Gasteiger partial charge in [-0.15, -0.1) is 0 Å². The first-order chi connectivity index (χ1) is 27.2. The fourth-order valence-electron chi connectivity index (χ4n) is 10.9. The average Bonchev–Trinajstić information content (AvgIpc) is 4.04. The standard InChI is InChI=1S/C52H46O4/c1-31(2)49(53)55-51(38-14-6-7-15-38)44-20-12-11-19-41(44)43-28-35-22-21-34(27-37(35)30-47(43)51)36-23-25-42-46(29-36)52(39-16-8-9-17-39,56-50(54)32(3)4)45-26-24-33-13-5-10-18-40(33)48(42)45/h5,10-13,18-30,38-39H,1,3,6-9,14-17H2,2,4H3. The van der Waals surface area contributed by atoms with Crippen molar-refractivity contribution < 1.29 is 19.1 Å².